The molecule has 4 aromatic rings. The van der Waals surface area contributed by atoms with Gasteiger partial charge in [0.15, 0.2) is 0 Å². The molecule has 0 heterocycles. The zero-order valence-electron chi connectivity index (χ0n) is 19.7. The SMILES string of the molecule is CC(C)c1ccc(Oc2ccc(Sc3ccc(Oc4ccc(C#N)c(C#N)c4)cc3)cc2)cc1C#N. The third kappa shape index (κ3) is 5.86. The van der Waals surface area contributed by atoms with Crippen LogP contribution in [0.5, 0.6) is 23.0 Å². The number of benzene rings is 4. The first-order valence-corrected chi connectivity index (χ1v) is 12.0. The molecule has 0 fully saturated rings. The molecular weight excluding hydrogens is 466 g/mol. The number of nitrogens with zero attached hydrogens (tertiary/aromatic N) is 3. The van der Waals surface area contributed by atoms with Crippen LogP contribution < -0.4 is 9.47 Å². The minimum absolute atomic E-state index is 0.276. The Kier molecular flexibility index (Phi) is 7.57. The van der Waals surface area contributed by atoms with Crippen molar-refractivity contribution in [3.05, 3.63) is 107 Å². The van der Waals surface area contributed by atoms with Crippen molar-refractivity contribution in [3.63, 3.8) is 0 Å². The fourth-order valence-corrected chi connectivity index (χ4v) is 4.35. The van der Waals surface area contributed by atoms with Crippen molar-refractivity contribution in [2.24, 2.45) is 0 Å². The minimum Gasteiger partial charge on any atom is -0.457 e. The summed E-state index contributed by atoms with van der Waals surface area (Å²) >= 11 is 1.61. The average molecular weight is 488 g/mol. The molecule has 0 bridgehead atoms. The van der Waals surface area contributed by atoms with Gasteiger partial charge < -0.3 is 9.47 Å². The summed E-state index contributed by atoms with van der Waals surface area (Å²) in [6, 6.07) is 32.1. The second kappa shape index (κ2) is 11.2. The maximum atomic E-state index is 9.43. The Bertz CT molecular complexity index is 1510. The van der Waals surface area contributed by atoms with Crippen LogP contribution in [-0.2, 0) is 0 Å². The van der Waals surface area contributed by atoms with E-state index in [-0.39, 0.29) is 11.5 Å². The van der Waals surface area contributed by atoms with Gasteiger partial charge in [0.2, 0.25) is 0 Å². The van der Waals surface area contributed by atoms with E-state index < -0.39 is 0 Å². The lowest BCUT2D eigenvalue weighted by Gasteiger charge is -2.11. The van der Waals surface area contributed by atoms with Gasteiger partial charge in [0.05, 0.1) is 22.8 Å². The summed E-state index contributed by atoms with van der Waals surface area (Å²) in [5.41, 5.74) is 2.25. The fourth-order valence-electron chi connectivity index (χ4n) is 3.54. The van der Waals surface area contributed by atoms with Gasteiger partial charge in [-0.15, -0.1) is 0 Å². The molecule has 36 heavy (non-hydrogen) atoms. The molecule has 0 saturated heterocycles. The smallest absolute Gasteiger partial charge is 0.128 e. The largest absolute Gasteiger partial charge is 0.457 e. The lowest BCUT2D eigenvalue weighted by molar-refractivity contribution is 0.481. The highest BCUT2D eigenvalue weighted by atomic mass is 32.2. The third-order valence-electron chi connectivity index (χ3n) is 5.35. The van der Waals surface area contributed by atoms with Crippen molar-refractivity contribution in [2.45, 2.75) is 29.6 Å². The van der Waals surface area contributed by atoms with E-state index in [9.17, 15) is 10.5 Å². The molecule has 4 aromatic carbocycles. The zero-order valence-corrected chi connectivity index (χ0v) is 20.5. The Morgan fingerprint density at radius 1 is 0.556 bits per heavy atom. The predicted molar refractivity (Wildman–Crippen MR) is 138 cm³/mol. The van der Waals surface area contributed by atoms with E-state index in [1.165, 1.54) is 0 Å². The van der Waals surface area contributed by atoms with Gasteiger partial charge >= 0.3 is 0 Å². The zero-order chi connectivity index (χ0) is 25.5. The van der Waals surface area contributed by atoms with Crippen LogP contribution in [0.25, 0.3) is 0 Å². The van der Waals surface area contributed by atoms with E-state index >= 15 is 0 Å². The van der Waals surface area contributed by atoms with E-state index in [2.05, 4.69) is 19.9 Å². The summed E-state index contributed by atoms with van der Waals surface area (Å²) in [4.78, 5) is 2.09. The second-order valence-electron chi connectivity index (χ2n) is 8.20. The number of hydrogen-bond acceptors (Lipinski definition) is 6. The van der Waals surface area contributed by atoms with Crippen molar-refractivity contribution >= 4 is 11.8 Å². The summed E-state index contributed by atoms with van der Waals surface area (Å²) in [6.07, 6.45) is 0. The van der Waals surface area contributed by atoms with Gasteiger partial charge in [-0.2, -0.15) is 15.8 Å². The molecule has 0 radical (unpaired) electrons. The lowest BCUT2D eigenvalue weighted by Crippen LogP contribution is -1.94. The van der Waals surface area contributed by atoms with Crippen molar-refractivity contribution in [3.8, 4) is 41.2 Å². The summed E-state index contributed by atoms with van der Waals surface area (Å²) in [5, 5.41) is 27.7. The lowest BCUT2D eigenvalue weighted by atomic mass is 9.98. The Balaban J connectivity index is 1.38. The predicted octanol–water partition coefficient (Wildman–Crippen LogP) is 8.16. The maximum Gasteiger partial charge on any atom is 0.128 e. The van der Waals surface area contributed by atoms with Crippen LogP contribution in [0.1, 0.15) is 42.0 Å². The monoisotopic (exact) mass is 487 g/mol. The molecule has 0 aromatic heterocycles. The number of rotatable bonds is 7. The first-order chi connectivity index (χ1) is 17.5. The quantitative estimate of drug-likeness (QED) is 0.261. The van der Waals surface area contributed by atoms with Gasteiger partial charge in [-0.1, -0.05) is 31.7 Å². The Morgan fingerprint density at radius 3 is 1.47 bits per heavy atom. The molecule has 0 aliphatic carbocycles. The van der Waals surface area contributed by atoms with Crippen LogP contribution in [-0.4, -0.2) is 0 Å². The summed E-state index contributed by atoms with van der Waals surface area (Å²) in [7, 11) is 0. The second-order valence-corrected chi connectivity index (χ2v) is 9.34. The molecule has 0 spiro atoms. The van der Waals surface area contributed by atoms with E-state index in [4.69, 9.17) is 14.7 Å². The van der Waals surface area contributed by atoms with Crippen LogP contribution in [0.2, 0.25) is 0 Å². The van der Waals surface area contributed by atoms with Crippen LogP contribution in [0, 0.1) is 34.0 Å². The van der Waals surface area contributed by atoms with E-state index in [1.807, 2.05) is 72.8 Å². The highest BCUT2D eigenvalue weighted by molar-refractivity contribution is 7.99. The van der Waals surface area contributed by atoms with Crippen LogP contribution in [0.4, 0.5) is 0 Å². The Morgan fingerprint density at radius 2 is 1.00 bits per heavy atom. The van der Waals surface area contributed by atoms with Crippen molar-refractivity contribution in [1.29, 1.82) is 15.8 Å². The molecule has 4 rings (SSSR count). The van der Waals surface area contributed by atoms with Crippen LogP contribution >= 0.6 is 11.8 Å². The third-order valence-corrected chi connectivity index (χ3v) is 6.37. The molecule has 0 aliphatic rings. The van der Waals surface area contributed by atoms with E-state index in [0.29, 0.717) is 34.1 Å². The van der Waals surface area contributed by atoms with Crippen molar-refractivity contribution in [2.75, 3.05) is 0 Å². The van der Waals surface area contributed by atoms with E-state index in [1.54, 1.807) is 36.0 Å². The standard InChI is InChI=1S/C30H21N3O2S/c1-20(2)30-14-9-27(16-23(30)19-33)35-25-7-12-29(13-8-25)36-28-10-5-24(6-11-28)34-26-4-3-21(17-31)22(15-26)18-32/h3-16,20H,1-2H3. The molecule has 0 amide bonds. The van der Waals surface area contributed by atoms with Crippen molar-refractivity contribution in [1.82, 2.24) is 0 Å². The molecule has 0 atom stereocenters. The molecule has 0 N–H and O–H groups in total. The van der Waals surface area contributed by atoms with Gasteiger partial charge in [-0.3, -0.25) is 0 Å². The van der Waals surface area contributed by atoms with Crippen molar-refractivity contribution < 1.29 is 9.47 Å². The van der Waals surface area contributed by atoms with Crippen LogP contribution in [0.3, 0.4) is 0 Å². The number of nitriles is 3. The summed E-state index contributed by atoms with van der Waals surface area (Å²) < 4.78 is 11.8. The average Bonchev–Trinajstić information content (AvgIpc) is 2.90. The minimum atomic E-state index is 0.276. The van der Waals surface area contributed by atoms with Crippen LogP contribution in [0.15, 0.2) is 94.7 Å². The Labute approximate surface area is 214 Å². The first-order valence-electron chi connectivity index (χ1n) is 11.2. The summed E-state index contributed by atoms with van der Waals surface area (Å²) in [5.74, 6) is 2.75. The van der Waals surface area contributed by atoms with Gasteiger partial charge in [-0.25, -0.2) is 0 Å². The first kappa shape index (κ1) is 24.4. The molecule has 0 unspecified atom stereocenters. The molecular formula is C30H21N3O2S. The molecule has 6 heteroatoms. The van der Waals surface area contributed by atoms with Gasteiger partial charge in [0, 0.05) is 9.79 Å². The highest BCUT2D eigenvalue weighted by Crippen LogP contribution is 2.33. The summed E-state index contributed by atoms with van der Waals surface area (Å²) in [6.45, 7) is 4.13. The molecule has 0 saturated carbocycles. The van der Waals surface area contributed by atoms with E-state index in [0.717, 1.165) is 15.4 Å². The maximum absolute atomic E-state index is 9.43. The normalized spacial score (nSPS) is 10.2. The number of ether oxygens (including phenoxy) is 2. The molecule has 0 aliphatic heterocycles. The molecule has 5 nitrogen and oxygen atoms in total. The molecule has 174 valence electrons. The number of hydrogen-bond donors (Lipinski definition) is 0. The fraction of sp³-hybridized carbons (Fsp3) is 0.100. The van der Waals surface area contributed by atoms with Gasteiger partial charge in [0.25, 0.3) is 0 Å². The van der Waals surface area contributed by atoms with Gasteiger partial charge in [-0.05, 0) is 90.3 Å². The van der Waals surface area contributed by atoms with Gasteiger partial charge in [0.1, 0.15) is 35.1 Å². The Hall–Kier alpha value is -4.70. The highest BCUT2D eigenvalue weighted by Gasteiger charge is 2.09. The topological polar surface area (TPSA) is 89.8 Å².